The number of non-ortho nitro benzene ring substituents is 1. The Kier molecular flexibility index (Phi) is 5.57. The van der Waals surface area contributed by atoms with Crippen LogP contribution in [0.4, 0.5) is 10.8 Å². The van der Waals surface area contributed by atoms with Crippen molar-refractivity contribution in [1.29, 1.82) is 0 Å². The molecule has 2 aliphatic heterocycles. The van der Waals surface area contributed by atoms with Gasteiger partial charge in [-0.05, 0) is 48.4 Å². The van der Waals surface area contributed by atoms with E-state index < -0.39 is 28.4 Å². The Morgan fingerprint density at radius 1 is 1.08 bits per heavy atom. The number of ether oxygens (including phenoxy) is 2. The summed E-state index contributed by atoms with van der Waals surface area (Å²) in [6.45, 7) is 2.64. The summed E-state index contributed by atoms with van der Waals surface area (Å²) < 4.78 is 12.0. The number of ketones is 1. The van der Waals surface area contributed by atoms with E-state index in [0.717, 1.165) is 10.3 Å². The highest BCUT2D eigenvalue weighted by Gasteiger charge is 2.48. The average Bonchev–Trinajstić information content (AvgIpc) is 3.45. The third kappa shape index (κ3) is 3.84. The molecule has 1 fully saturated rings. The summed E-state index contributed by atoms with van der Waals surface area (Å²) in [6, 6.07) is 14.8. The molecule has 2 aliphatic rings. The number of amides is 1. The molecule has 0 unspecified atom stereocenters. The Hall–Kier alpha value is -4.77. The van der Waals surface area contributed by atoms with Crippen molar-refractivity contribution >= 4 is 49.8 Å². The molecule has 0 saturated carbocycles. The first-order chi connectivity index (χ1) is 18.3. The smallest absolute Gasteiger partial charge is 0.301 e. The zero-order valence-electron chi connectivity index (χ0n) is 19.9. The normalized spacial score (nSPS) is 18.2. The minimum atomic E-state index is -1.15. The fourth-order valence-electron chi connectivity index (χ4n) is 4.62. The lowest BCUT2D eigenvalue weighted by Gasteiger charge is -2.23. The Morgan fingerprint density at radius 3 is 2.66 bits per heavy atom. The van der Waals surface area contributed by atoms with Crippen LogP contribution in [0.15, 0.2) is 66.2 Å². The zero-order chi connectivity index (χ0) is 26.6. The zero-order valence-corrected chi connectivity index (χ0v) is 20.7. The molecule has 0 bridgehead atoms. The topological polar surface area (TPSA) is 132 Å². The van der Waals surface area contributed by atoms with Gasteiger partial charge in [-0.25, -0.2) is 4.98 Å². The Labute approximate surface area is 219 Å². The number of thiazole rings is 1. The van der Waals surface area contributed by atoms with Crippen molar-refractivity contribution in [3.8, 4) is 11.5 Å². The number of carbonyl (C=O) groups is 2. The number of benzene rings is 3. The first kappa shape index (κ1) is 23.6. The number of nitrogens with zero attached hydrogens (tertiary/aromatic N) is 3. The van der Waals surface area contributed by atoms with Crippen molar-refractivity contribution < 1.29 is 29.1 Å². The Morgan fingerprint density at radius 2 is 1.87 bits per heavy atom. The maximum absolute atomic E-state index is 13.5. The lowest BCUT2D eigenvalue weighted by atomic mass is 9.95. The summed E-state index contributed by atoms with van der Waals surface area (Å²) in [5.74, 6) is -1.37. The highest BCUT2D eigenvalue weighted by molar-refractivity contribution is 7.22. The fourth-order valence-corrected chi connectivity index (χ4v) is 5.71. The molecule has 4 aromatic rings. The van der Waals surface area contributed by atoms with Gasteiger partial charge in [-0.2, -0.15) is 0 Å². The molecule has 1 saturated heterocycles. The van der Waals surface area contributed by atoms with E-state index in [2.05, 4.69) is 4.98 Å². The summed E-state index contributed by atoms with van der Waals surface area (Å²) in [5, 5.41) is 23.2. The van der Waals surface area contributed by atoms with E-state index in [4.69, 9.17) is 9.47 Å². The number of fused-ring (bicyclic) bond motifs is 2. The van der Waals surface area contributed by atoms with Crippen LogP contribution in [0.2, 0.25) is 0 Å². The van der Waals surface area contributed by atoms with Crippen molar-refractivity contribution in [2.45, 2.75) is 13.0 Å². The standard InChI is InChI=1S/C27H19N3O7S/c1-14-5-7-18-21(11-14)38-27(28-18)29-23(15-3-2-4-17(12-15)30(34)35)22(25(32)26(29)33)24(31)16-6-8-19-20(13-16)37-10-9-36-19/h2-8,11-13,23,31H,9-10H2,1H3/b24-22+/t23-/m1/s1. The maximum Gasteiger partial charge on any atom is 0.301 e. The van der Waals surface area contributed by atoms with Gasteiger partial charge in [-0.15, -0.1) is 0 Å². The molecule has 0 spiro atoms. The second kappa shape index (κ2) is 8.96. The minimum Gasteiger partial charge on any atom is -0.507 e. The largest absolute Gasteiger partial charge is 0.507 e. The molecule has 3 heterocycles. The second-order valence-corrected chi connectivity index (χ2v) is 9.86. The monoisotopic (exact) mass is 529 g/mol. The Bertz CT molecular complexity index is 1690. The molecule has 1 amide bonds. The summed E-state index contributed by atoms with van der Waals surface area (Å²) in [6.07, 6.45) is 0. The number of aliphatic hydroxyl groups is 1. The number of hydrogen-bond acceptors (Lipinski definition) is 9. The van der Waals surface area contributed by atoms with Crippen LogP contribution in [0.25, 0.3) is 16.0 Å². The molecule has 1 N–H and O–H groups in total. The van der Waals surface area contributed by atoms with Crippen LogP contribution in [-0.2, 0) is 9.59 Å². The highest BCUT2D eigenvalue weighted by Crippen LogP contribution is 2.45. The van der Waals surface area contributed by atoms with Crippen LogP contribution in [0.1, 0.15) is 22.7 Å². The lowest BCUT2D eigenvalue weighted by molar-refractivity contribution is -0.384. The van der Waals surface area contributed by atoms with Gasteiger partial charge >= 0.3 is 5.91 Å². The molecule has 1 atom stereocenters. The first-order valence-corrected chi connectivity index (χ1v) is 12.5. The number of carbonyl (C=O) groups excluding carboxylic acids is 2. The van der Waals surface area contributed by atoms with Crippen molar-refractivity contribution in [3.63, 3.8) is 0 Å². The van der Waals surface area contributed by atoms with Gasteiger partial charge in [0, 0.05) is 17.7 Å². The van der Waals surface area contributed by atoms with Crippen LogP contribution >= 0.6 is 11.3 Å². The van der Waals surface area contributed by atoms with Crippen LogP contribution in [0.3, 0.4) is 0 Å². The molecule has 0 aliphatic carbocycles. The van der Waals surface area contributed by atoms with Crippen LogP contribution in [0.5, 0.6) is 11.5 Å². The van der Waals surface area contributed by atoms with E-state index in [0.29, 0.717) is 30.2 Å². The van der Waals surface area contributed by atoms with Crippen molar-refractivity contribution in [1.82, 2.24) is 4.98 Å². The van der Waals surface area contributed by atoms with E-state index in [1.165, 1.54) is 40.5 Å². The lowest BCUT2D eigenvalue weighted by Crippen LogP contribution is -2.29. The molecule has 6 rings (SSSR count). The molecule has 11 heteroatoms. The van der Waals surface area contributed by atoms with E-state index in [9.17, 15) is 24.8 Å². The summed E-state index contributed by atoms with van der Waals surface area (Å²) >= 11 is 1.22. The quantitative estimate of drug-likeness (QED) is 0.130. The Balaban J connectivity index is 1.56. The number of aromatic nitrogens is 1. The third-order valence-electron chi connectivity index (χ3n) is 6.40. The van der Waals surface area contributed by atoms with Gasteiger partial charge in [0.2, 0.25) is 0 Å². The van der Waals surface area contributed by atoms with Crippen LogP contribution in [0, 0.1) is 17.0 Å². The van der Waals surface area contributed by atoms with E-state index >= 15 is 0 Å². The molecule has 0 radical (unpaired) electrons. The number of aliphatic hydroxyl groups excluding tert-OH is 1. The number of Topliss-reactive ketones (excluding diaryl/α,β-unsaturated/α-hetero) is 1. The number of hydrogen-bond donors (Lipinski definition) is 1. The van der Waals surface area contributed by atoms with E-state index in [-0.39, 0.29) is 27.5 Å². The van der Waals surface area contributed by atoms with Crippen molar-refractivity contribution in [2.75, 3.05) is 18.1 Å². The van der Waals surface area contributed by atoms with Crippen molar-refractivity contribution in [3.05, 3.63) is 93.0 Å². The number of anilines is 1. The molecule has 3 aromatic carbocycles. The number of nitro benzene ring substituents is 1. The van der Waals surface area contributed by atoms with Gasteiger partial charge in [-0.1, -0.05) is 29.5 Å². The molecular weight excluding hydrogens is 510 g/mol. The highest BCUT2D eigenvalue weighted by atomic mass is 32.1. The minimum absolute atomic E-state index is 0.206. The number of rotatable bonds is 4. The molecule has 1 aromatic heterocycles. The predicted molar refractivity (Wildman–Crippen MR) is 140 cm³/mol. The molecular formula is C27H19N3O7S. The van der Waals surface area contributed by atoms with Gasteiger partial charge in [0.15, 0.2) is 16.6 Å². The molecule has 38 heavy (non-hydrogen) atoms. The van der Waals surface area contributed by atoms with Gasteiger partial charge in [0.25, 0.3) is 11.5 Å². The van der Waals surface area contributed by atoms with E-state index in [1.807, 2.05) is 25.1 Å². The van der Waals surface area contributed by atoms with Gasteiger partial charge in [0.1, 0.15) is 19.0 Å². The third-order valence-corrected chi connectivity index (χ3v) is 7.41. The predicted octanol–water partition coefficient (Wildman–Crippen LogP) is 4.91. The second-order valence-electron chi connectivity index (χ2n) is 8.85. The van der Waals surface area contributed by atoms with Gasteiger partial charge in [-0.3, -0.25) is 24.6 Å². The van der Waals surface area contributed by atoms with E-state index in [1.54, 1.807) is 18.2 Å². The summed E-state index contributed by atoms with van der Waals surface area (Å²) in [4.78, 5) is 43.6. The SMILES string of the molecule is Cc1ccc2nc(N3C(=O)C(=O)/C(=C(/O)c4ccc5c(c4)OCCO5)[C@H]3c3cccc([N+](=O)[O-])c3)sc2c1. The summed E-state index contributed by atoms with van der Waals surface area (Å²) in [7, 11) is 0. The van der Waals surface area contributed by atoms with Gasteiger partial charge in [0.05, 0.1) is 26.8 Å². The average molecular weight is 530 g/mol. The number of nitro groups is 1. The fraction of sp³-hybridized carbons (Fsp3) is 0.148. The molecule has 10 nitrogen and oxygen atoms in total. The van der Waals surface area contributed by atoms with Crippen LogP contribution in [-0.4, -0.2) is 39.9 Å². The molecule has 190 valence electrons. The van der Waals surface area contributed by atoms with Gasteiger partial charge < -0.3 is 14.6 Å². The van der Waals surface area contributed by atoms with Crippen LogP contribution < -0.4 is 14.4 Å². The maximum atomic E-state index is 13.5. The first-order valence-electron chi connectivity index (χ1n) is 11.6. The summed E-state index contributed by atoms with van der Waals surface area (Å²) in [5.41, 5.74) is 1.75. The number of aryl methyl sites for hydroxylation is 1. The van der Waals surface area contributed by atoms with Crippen molar-refractivity contribution in [2.24, 2.45) is 0 Å².